The molecule has 1 aromatic rings. The van der Waals surface area contributed by atoms with Gasteiger partial charge in [0.1, 0.15) is 5.75 Å². The molecule has 1 unspecified atom stereocenters. The summed E-state index contributed by atoms with van der Waals surface area (Å²) in [6, 6.07) is 0. The van der Waals surface area contributed by atoms with E-state index in [2.05, 4.69) is 10.3 Å². The first-order valence-electron chi connectivity index (χ1n) is 6.19. The number of nitrogens with zero attached hydrogens (tertiary/aromatic N) is 1. The van der Waals surface area contributed by atoms with Gasteiger partial charge in [-0.15, -0.1) is 0 Å². The van der Waals surface area contributed by atoms with Gasteiger partial charge in [-0.25, -0.2) is 0 Å². The summed E-state index contributed by atoms with van der Waals surface area (Å²) in [4.78, 5) is 22.1. The van der Waals surface area contributed by atoms with E-state index in [0.29, 0.717) is 12.2 Å². The Kier molecular flexibility index (Phi) is 5.50. The van der Waals surface area contributed by atoms with Gasteiger partial charge in [-0.1, -0.05) is 6.92 Å². The highest BCUT2D eigenvalue weighted by atomic mass is 31.2. The Hall–Kier alpha value is -0.940. The first kappa shape index (κ1) is 16.1. The molecule has 0 aliphatic carbocycles. The Morgan fingerprint density at radius 1 is 1.47 bits per heavy atom. The zero-order chi connectivity index (χ0) is 14.6. The van der Waals surface area contributed by atoms with E-state index in [1.54, 1.807) is 13.1 Å². The van der Waals surface area contributed by atoms with Gasteiger partial charge in [0.15, 0.2) is 0 Å². The van der Waals surface area contributed by atoms with Gasteiger partial charge in [-0.3, -0.25) is 9.55 Å². The van der Waals surface area contributed by atoms with E-state index in [1.807, 2.05) is 6.92 Å². The maximum Gasteiger partial charge on any atom is 0.329 e. The second kappa shape index (κ2) is 6.48. The minimum absolute atomic E-state index is 0.149. The molecule has 0 radical (unpaired) electrons. The number of aromatic hydroxyl groups is 1. The predicted molar refractivity (Wildman–Crippen MR) is 73.2 cm³/mol. The van der Waals surface area contributed by atoms with Crippen LogP contribution >= 0.6 is 7.60 Å². The third-order valence-corrected chi connectivity index (χ3v) is 4.46. The monoisotopic (exact) mass is 288 g/mol. The molecule has 0 amide bonds. The van der Waals surface area contributed by atoms with Crippen LogP contribution in [0.1, 0.15) is 30.7 Å². The number of hydrogen-bond donors (Lipinski definition) is 4. The van der Waals surface area contributed by atoms with Crippen LogP contribution in [0.4, 0.5) is 0 Å². The standard InChI is InChI=1S/C12H21N2O4P/c1-4-10-6-14-9(3)12(15)11(10)7-13-5-8(2)19(16,17)18/h6,8,13,15H,4-5,7H2,1-3H3,(H2,16,17,18). The normalized spacial score (nSPS) is 13.5. The maximum absolute atomic E-state index is 11.0. The van der Waals surface area contributed by atoms with E-state index in [-0.39, 0.29) is 12.3 Å². The molecule has 0 saturated heterocycles. The van der Waals surface area contributed by atoms with Crippen LogP contribution in [0.3, 0.4) is 0 Å². The fourth-order valence-electron chi connectivity index (χ4n) is 1.71. The molecule has 0 aliphatic heterocycles. The SMILES string of the molecule is CCc1cnc(C)c(O)c1CNCC(C)P(=O)(O)O. The lowest BCUT2D eigenvalue weighted by Crippen LogP contribution is -2.25. The van der Waals surface area contributed by atoms with E-state index in [0.717, 1.165) is 17.5 Å². The lowest BCUT2D eigenvalue weighted by Gasteiger charge is -2.16. The molecule has 0 aromatic carbocycles. The summed E-state index contributed by atoms with van der Waals surface area (Å²) in [5, 5.41) is 12.9. The third-order valence-electron chi connectivity index (χ3n) is 3.13. The fraction of sp³-hybridized carbons (Fsp3) is 0.583. The van der Waals surface area contributed by atoms with Crippen molar-refractivity contribution in [2.75, 3.05) is 6.54 Å². The number of aryl methyl sites for hydroxylation is 2. The van der Waals surface area contributed by atoms with Crippen LogP contribution in [0, 0.1) is 6.92 Å². The summed E-state index contributed by atoms with van der Waals surface area (Å²) in [6.45, 7) is 5.73. The van der Waals surface area contributed by atoms with Gasteiger partial charge in [-0.2, -0.15) is 0 Å². The van der Waals surface area contributed by atoms with Crippen molar-refractivity contribution < 1.29 is 19.5 Å². The van der Waals surface area contributed by atoms with E-state index >= 15 is 0 Å². The summed E-state index contributed by atoms with van der Waals surface area (Å²) >= 11 is 0. The highest BCUT2D eigenvalue weighted by molar-refractivity contribution is 7.52. The fourth-order valence-corrected chi connectivity index (χ4v) is 2.08. The number of aromatic nitrogens is 1. The van der Waals surface area contributed by atoms with Crippen molar-refractivity contribution in [3.63, 3.8) is 0 Å². The average molecular weight is 288 g/mol. The van der Waals surface area contributed by atoms with Gasteiger partial charge >= 0.3 is 7.60 Å². The predicted octanol–water partition coefficient (Wildman–Crippen LogP) is 1.31. The molecule has 1 atom stereocenters. The molecule has 0 saturated carbocycles. The second-order valence-corrected chi connectivity index (χ2v) is 6.68. The number of pyridine rings is 1. The zero-order valence-electron chi connectivity index (χ0n) is 11.4. The second-order valence-electron chi connectivity index (χ2n) is 4.62. The highest BCUT2D eigenvalue weighted by Gasteiger charge is 2.23. The number of hydrogen-bond acceptors (Lipinski definition) is 4. The molecule has 0 aliphatic rings. The molecule has 4 N–H and O–H groups in total. The van der Waals surface area contributed by atoms with E-state index in [9.17, 15) is 9.67 Å². The molecular weight excluding hydrogens is 267 g/mol. The first-order valence-corrected chi connectivity index (χ1v) is 7.87. The van der Waals surface area contributed by atoms with E-state index in [4.69, 9.17) is 9.79 Å². The zero-order valence-corrected chi connectivity index (χ0v) is 12.3. The molecule has 0 spiro atoms. The Balaban J connectivity index is 2.73. The van der Waals surface area contributed by atoms with Crippen LogP contribution < -0.4 is 5.32 Å². The van der Waals surface area contributed by atoms with Gasteiger partial charge in [0, 0.05) is 24.8 Å². The number of nitrogens with one attached hydrogen (secondary N) is 1. The van der Waals surface area contributed by atoms with Crippen molar-refractivity contribution in [3.8, 4) is 5.75 Å². The topological polar surface area (TPSA) is 103 Å². The van der Waals surface area contributed by atoms with Crippen molar-refractivity contribution in [2.45, 2.75) is 39.4 Å². The van der Waals surface area contributed by atoms with Crippen LogP contribution in [0.25, 0.3) is 0 Å². The van der Waals surface area contributed by atoms with E-state index < -0.39 is 13.3 Å². The molecule has 0 fully saturated rings. The van der Waals surface area contributed by atoms with Crippen molar-refractivity contribution in [1.29, 1.82) is 0 Å². The highest BCUT2D eigenvalue weighted by Crippen LogP contribution is 2.40. The number of rotatable bonds is 6. The summed E-state index contributed by atoms with van der Waals surface area (Å²) in [5.41, 5.74) is 1.48. The van der Waals surface area contributed by atoms with Gasteiger partial charge in [0.05, 0.1) is 11.4 Å². The van der Waals surface area contributed by atoms with Gasteiger partial charge in [0.2, 0.25) is 0 Å². The largest absolute Gasteiger partial charge is 0.506 e. The van der Waals surface area contributed by atoms with Gasteiger partial charge in [-0.05, 0) is 25.8 Å². The molecular formula is C12H21N2O4P. The van der Waals surface area contributed by atoms with Crippen LogP contribution in [-0.4, -0.2) is 32.1 Å². The summed E-state index contributed by atoms with van der Waals surface area (Å²) in [6.07, 6.45) is 2.46. The lowest BCUT2D eigenvalue weighted by molar-refractivity contribution is 0.358. The van der Waals surface area contributed by atoms with Crippen molar-refractivity contribution in [1.82, 2.24) is 10.3 Å². The van der Waals surface area contributed by atoms with Crippen molar-refractivity contribution in [2.24, 2.45) is 0 Å². The molecule has 7 heteroatoms. The quantitative estimate of drug-likeness (QED) is 0.589. The average Bonchev–Trinajstić information content (AvgIpc) is 2.33. The minimum atomic E-state index is -4.06. The molecule has 6 nitrogen and oxygen atoms in total. The smallest absolute Gasteiger partial charge is 0.329 e. The summed E-state index contributed by atoms with van der Waals surface area (Å²) in [5.74, 6) is 0.149. The Labute approximate surface area is 113 Å². The van der Waals surface area contributed by atoms with E-state index in [1.165, 1.54) is 6.92 Å². The molecule has 0 bridgehead atoms. The summed E-state index contributed by atoms with van der Waals surface area (Å²) in [7, 11) is -4.06. The Morgan fingerprint density at radius 2 is 2.11 bits per heavy atom. The van der Waals surface area contributed by atoms with Crippen LogP contribution in [-0.2, 0) is 17.5 Å². The minimum Gasteiger partial charge on any atom is -0.506 e. The Bertz CT molecular complexity index is 487. The molecule has 1 aromatic heterocycles. The van der Waals surface area contributed by atoms with Crippen LogP contribution in [0.15, 0.2) is 6.20 Å². The maximum atomic E-state index is 11.0. The van der Waals surface area contributed by atoms with Crippen molar-refractivity contribution >= 4 is 7.60 Å². The molecule has 1 heterocycles. The lowest BCUT2D eigenvalue weighted by atomic mass is 10.1. The first-order chi connectivity index (χ1) is 8.77. The summed E-state index contributed by atoms with van der Waals surface area (Å²) < 4.78 is 11.0. The third kappa shape index (κ3) is 4.28. The molecule has 108 valence electrons. The molecule has 19 heavy (non-hydrogen) atoms. The van der Waals surface area contributed by atoms with Gasteiger partial charge in [0.25, 0.3) is 0 Å². The van der Waals surface area contributed by atoms with Crippen molar-refractivity contribution in [3.05, 3.63) is 23.0 Å². The Morgan fingerprint density at radius 3 is 2.63 bits per heavy atom. The van der Waals surface area contributed by atoms with Gasteiger partial charge < -0.3 is 20.2 Å². The van der Waals surface area contributed by atoms with Crippen LogP contribution in [0.2, 0.25) is 0 Å². The van der Waals surface area contributed by atoms with Crippen LogP contribution in [0.5, 0.6) is 5.75 Å². The molecule has 1 rings (SSSR count).